The molecule has 0 fully saturated rings. The number of pyridine rings is 1. The maximum atomic E-state index is 11.8. The lowest BCUT2D eigenvalue weighted by molar-refractivity contribution is -0.116. The zero-order valence-corrected chi connectivity index (χ0v) is 13.1. The first-order valence-electron chi connectivity index (χ1n) is 7.35. The third-order valence-corrected chi connectivity index (χ3v) is 3.11. The quantitative estimate of drug-likeness (QED) is 0.601. The summed E-state index contributed by atoms with van der Waals surface area (Å²) in [6.45, 7) is 0.737. The first-order valence-corrected chi connectivity index (χ1v) is 7.35. The van der Waals surface area contributed by atoms with Crippen LogP contribution in [0.5, 0.6) is 5.75 Å². The lowest BCUT2D eigenvalue weighted by atomic mass is 10.1. The summed E-state index contributed by atoms with van der Waals surface area (Å²) < 4.78 is 10.4. The number of ether oxygens (including phenoxy) is 2. The van der Waals surface area contributed by atoms with Gasteiger partial charge >= 0.3 is 0 Å². The molecule has 0 aliphatic carbocycles. The maximum Gasteiger partial charge on any atom is 0.244 e. The highest BCUT2D eigenvalue weighted by molar-refractivity contribution is 5.91. The van der Waals surface area contributed by atoms with Crippen LogP contribution < -0.4 is 10.1 Å². The predicted octanol–water partition coefficient (Wildman–Crippen LogP) is 2.44. The number of nitrogens with zero attached hydrogens (tertiary/aromatic N) is 1. The van der Waals surface area contributed by atoms with E-state index in [1.165, 1.54) is 6.08 Å². The molecule has 2 aromatic rings. The summed E-state index contributed by atoms with van der Waals surface area (Å²) in [5, 5.41) is 2.85. The second kappa shape index (κ2) is 9.38. The van der Waals surface area contributed by atoms with Gasteiger partial charge in [-0.15, -0.1) is 0 Å². The van der Waals surface area contributed by atoms with Crippen molar-refractivity contribution < 1.29 is 14.3 Å². The number of para-hydroxylation sites is 1. The van der Waals surface area contributed by atoms with Gasteiger partial charge in [0.1, 0.15) is 5.75 Å². The van der Waals surface area contributed by atoms with Crippen molar-refractivity contribution in [3.05, 3.63) is 66.0 Å². The number of aromatic nitrogens is 1. The van der Waals surface area contributed by atoms with Crippen molar-refractivity contribution in [1.29, 1.82) is 0 Å². The average molecular weight is 312 g/mol. The van der Waals surface area contributed by atoms with Crippen LogP contribution in [0, 0.1) is 0 Å². The summed E-state index contributed by atoms with van der Waals surface area (Å²) in [4.78, 5) is 15.8. The number of carbonyl (C=O) groups excluding carboxylic acids is 1. The van der Waals surface area contributed by atoms with E-state index in [0.717, 1.165) is 16.9 Å². The van der Waals surface area contributed by atoms with E-state index in [-0.39, 0.29) is 12.7 Å². The molecule has 0 unspecified atom stereocenters. The Labute approximate surface area is 136 Å². The van der Waals surface area contributed by atoms with Gasteiger partial charge in [0, 0.05) is 32.1 Å². The minimum absolute atomic E-state index is 0.135. The molecule has 1 aromatic carbocycles. The van der Waals surface area contributed by atoms with E-state index < -0.39 is 0 Å². The molecule has 0 aliphatic rings. The Morgan fingerprint density at radius 2 is 2.13 bits per heavy atom. The summed E-state index contributed by atoms with van der Waals surface area (Å²) >= 11 is 0. The highest BCUT2D eigenvalue weighted by Gasteiger charge is 2.03. The smallest absolute Gasteiger partial charge is 0.244 e. The molecule has 0 atom stereocenters. The molecule has 0 aliphatic heterocycles. The van der Waals surface area contributed by atoms with E-state index >= 15 is 0 Å². The van der Waals surface area contributed by atoms with Gasteiger partial charge in [-0.25, -0.2) is 0 Å². The molecule has 0 radical (unpaired) electrons. The van der Waals surface area contributed by atoms with E-state index in [0.29, 0.717) is 13.0 Å². The number of methoxy groups -OCH3 is 1. The summed E-state index contributed by atoms with van der Waals surface area (Å²) in [5.74, 6) is 0.638. The van der Waals surface area contributed by atoms with Crippen molar-refractivity contribution in [2.24, 2.45) is 0 Å². The van der Waals surface area contributed by atoms with Crippen LogP contribution in [0.2, 0.25) is 0 Å². The number of hydrogen-bond donors (Lipinski definition) is 1. The Bertz CT molecular complexity index is 642. The molecule has 1 amide bonds. The van der Waals surface area contributed by atoms with Crippen molar-refractivity contribution in [1.82, 2.24) is 10.3 Å². The Morgan fingerprint density at radius 1 is 1.26 bits per heavy atom. The van der Waals surface area contributed by atoms with Crippen molar-refractivity contribution in [3.63, 3.8) is 0 Å². The monoisotopic (exact) mass is 312 g/mol. The summed E-state index contributed by atoms with van der Waals surface area (Å²) in [5.41, 5.74) is 1.92. The number of amides is 1. The Balaban J connectivity index is 1.80. The largest absolute Gasteiger partial charge is 0.467 e. The van der Waals surface area contributed by atoms with Gasteiger partial charge in [0.15, 0.2) is 6.79 Å². The van der Waals surface area contributed by atoms with Crippen LogP contribution in [0.15, 0.2) is 54.9 Å². The highest BCUT2D eigenvalue weighted by atomic mass is 16.7. The van der Waals surface area contributed by atoms with Crippen LogP contribution in [0.4, 0.5) is 0 Å². The van der Waals surface area contributed by atoms with Gasteiger partial charge in [-0.1, -0.05) is 24.3 Å². The van der Waals surface area contributed by atoms with Crippen LogP contribution in [0.3, 0.4) is 0 Å². The van der Waals surface area contributed by atoms with Crippen molar-refractivity contribution >= 4 is 12.0 Å². The third kappa shape index (κ3) is 5.92. The van der Waals surface area contributed by atoms with Crippen LogP contribution in [-0.4, -0.2) is 31.3 Å². The van der Waals surface area contributed by atoms with E-state index in [9.17, 15) is 4.79 Å². The molecule has 1 heterocycles. The maximum absolute atomic E-state index is 11.8. The number of nitrogens with one attached hydrogen (secondary N) is 1. The zero-order chi connectivity index (χ0) is 16.3. The van der Waals surface area contributed by atoms with Crippen molar-refractivity contribution in [3.8, 4) is 5.75 Å². The SMILES string of the molecule is COCOc1ccccc1CCNC(=O)C=Cc1cccnc1. The topological polar surface area (TPSA) is 60.5 Å². The first kappa shape index (κ1) is 16.7. The molecule has 1 N–H and O–H groups in total. The molecule has 0 saturated heterocycles. The summed E-state index contributed by atoms with van der Waals surface area (Å²) in [6, 6.07) is 11.4. The zero-order valence-electron chi connectivity index (χ0n) is 13.1. The fourth-order valence-corrected chi connectivity index (χ4v) is 2.00. The fourth-order valence-electron chi connectivity index (χ4n) is 2.00. The molecule has 5 nitrogen and oxygen atoms in total. The minimum Gasteiger partial charge on any atom is -0.467 e. The number of benzene rings is 1. The van der Waals surface area contributed by atoms with E-state index in [1.807, 2.05) is 36.4 Å². The number of carbonyl (C=O) groups is 1. The summed E-state index contributed by atoms with van der Waals surface area (Å²) in [7, 11) is 1.58. The molecule has 0 bridgehead atoms. The minimum atomic E-state index is -0.135. The molecule has 1 aromatic heterocycles. The predicted molar refractivity (Wildman–Crippen MR) is 88.9 cm³/mol. The molecule has 0 saturated carbocycles. The average Bonchev–Trinajstić information content (AvgIpc) is 2.60. The standard InChI is InChI=1S/C18H20N2O3/c1-22-14-23-17-7-3-2-6-16(17)10-12-20-18(21)9-8-15-5-4-11-19-13-15/h2-9,11,13H,10,12,14H2,1H3,(H,20,21). The number of rotatable bonds is 8. The Hall–Kier alpha value is -2.66. The highest BCUT2D eigenvalue weighted by Crippen LogP contribution is 2.18. The van der Waals surface area contributed by atoms with Gasteiger partial charge < -0.3 is 14.8 Å². The van der Waals surface area contributed by atoms with E-state index in [1.54, 1.807) is 25.6 Å². The lowest BCUT2D eigenvalue weighted by Crippen LogP contribution is -2.23. The first-order chi connectivity index (χ1) is 11.3. The van der Waals surface area contributed by atoms with Gasteiger partial charge in [0.05, 0.1) is 0 Å². The van der Waals surface area contributed by atoms with Gasteiger partial charge in [-0.05, 0) is 35.8 Å². The number of hydrogen-bond acceptors (Lipinski definition) is 4. The summed E-state index contributed by atoms with van der Waals surface area (Å²) in [6.07, 6.45) is 7.32. The molecule has 2 rings (SSSR count). The van der Waals surface area contributed by atoms with E-state index in [2.05, 4.69) is 10.3 Å². The van der Waals surface area contributed by atoms with Crippen molar-refractivity contribution in [2.75, 3.05) is 20.4 Å². The Morgan fingerprint density at radius 3 is 2.91 bits per heavy atom. The fraction of sp³-hybridized carbons (Fsp3) is 0.222. The van der Waals surface area contributed by atoms with Gasteiger partial charge in [0.2, 0.25) is 5.91 Å². The van der Waals surface area contributed by atoms with Crippen molar-refractivity contribution in [2.45, 2.75) is 6.42 Å². The molecular weight excluding hydrogens is 292 g/mol. The Kier molecular flexibility index (Phi) is 6.81. The van der Waals surface area contributed by atoms with Crippen LogP contribution in [0.1, 0.15) is 11.1 Å². The molecular formula is C18H20N2O3. The molecule has 23 heavy (non-hydrogen) atoms. The normalized spacial score (nSPS) is 10.7. The molecule has 5 heteroatoms. The van der Waals surface area contributed by atoms with Gasteiger partial charge in [0.25, 0.3) is 0 Å². The third-order valence-electron chi connectivity index (χ3n) is 3.11. The molecule has 120 valence electrons. The van der Waals surface area contributed by atoms with Gasteiger partial charge in [-0.3, -0.25) is 9.78 Å². The van der Waals surface area contributed by atoms with Gasteiger partial charge in [-0.2, -0.15) is 0 Å². The lowest BCUT2D eigenvalue weighted by Gasteiger charge is -2.10. The molecule has 0 spiro atoms. The van der Waals surface area contributed by atoms with Crippen LogP contribution >= 0.6 is 0 Å². The van der Waals surface area contributed by atoms with E-state index in [4.69, 9.17) is 9.47 Å². The van der Waals surface area contributed by atoms with Crippen LogP contribution in [-0.2, 0) is 16.0 Å². The van der Waals surface area contributed by atoms with Crippen LogP contribution in [0.25, 0.3) is 6.08 Å². The second-order valence-electron chi connectivity index (χ2n) is 4.82. The second-order valence-corrected chi connectivity index (χ2v) is 4.82.